The van der Waals surface area contributed by atoms with E-state index >= 15 is 0 Å². The number of ether oxygens (including phenoxy) is 1. The summed E-state index contributed by atoms with van der Waals surface area (Å²) < 4.78 is 5.31. The SMILES string of the molecule is CNC1COCC1C(=O)Nc1ccc(C)cc1Cl. The number of likely N-dealkylation sites (N-methyl/N-ethyl adjacent to an activating group) is 1. The lowest BCUT2D eigenvalue weighted by Crippen LogP contribution is -2.39. The molecule has 4 nitrogen and oxygen atoms in total. The maximum Gasteiger partial charge on any atom is 0.231 e. The van der Waals surface area contributed by atoms with E-state index in [0.717, 1.165) is 5.56 Å². The van der Waals surface area contributed by atoms with Crippen molar-refractivity contribution in [3.8, 4) is 0 Å². The first kappa shape index (κ1) is 13.3. The second-order valence-electron chi connectivity index (χ2n) is 4.51. The Labute approximate surface area is 112 Å². The van der Waals surface area contributed by atoms with E-state index in [9.17, 15) is 4.79 Å². The Morgan fingerprint density at radius 1 is 1.44 bits per heavy atom. The van der Waals surface area contributed by atoms with Gasteiger partial charge in [0.2, 0.25) is 5.91 Å². The predicted octanol–water partition coefficient (Wildman–Crippen LogP) is 1.82. The predicted molar refractivity (Wildman–Crippen MR) is 72.0 cm³/mol. The average molecular weight is 269 g/mol. The van der Waals surface area contributed by atoms with Crippen LogP contribution in [0.3, 0.4) is 0 Å². The van der Waals surface area contributed by atoms with Crippen molar-refractivity contribution in [3.63, 3.8) is 0 Å². The van der Waals surface area contributed by atoms with Crippen LogP contribution in [-0.2, 0) is 9.53 Å². The van der Waals surface area contributed by atoms with Crippen LogP contribution in [0.25, 0.3) is 0 Å². The van der Waals surface area contributed by atoms with Crippen molar-refractivity contribution < 1.29 is 9.53 Å². The molecule has 2 unspecified atom stereocenters. The average Bonchev–Trinajstić information content (AvgIpc) is 2.81. The van der Waals surface area contributed by atoms with Crippen LogP contribution in [-0.4, -0.2) is 32.2 Å². The summed E-state index contributed by atoms with van der Waals surface area (Å²) in [4.78, 5) is 12.1. The normalized spacial score (nSPS) is 23.1. The summed E-state index contributed by atoms with van der Waals surface area (Å²) in [5, 5.41) is 6.50. The molecule has 2 N–H and O–H groups in total. The second kappa shape index (κ2) is 5.69. The quantitative estimate of drug-likeness (QED) is 0.879. The Morgan fingerprint density at radius 3 is 2.89 bits per heavy atom. The molecule has 0 aliphatic carbocycles. The van der Waals surface area contributed by atoms with Crippen LogP contribution < -0.4 is 10.6 Å². The molecule has 1 saturated heterocycles. The Balaban J connectivity index is 2.07. The van der Waals surface area contributed by atoms with Gasteiger partial charge in [-0.2, -0.15) is 0 Å². The first-order valence-electron chi connectivity index (χ1n) is 5.94. The molecule has 1 aromatic carbocycles. The third kappa shape index (κ3) is 2.83. The van der Waals surface area contributed by atoms with E-state index < -0.39 is 0 Å². The molecule has 1 aromatic rings. The van der Waals surface area contributed by atoms with E-state index in [0.29, 0.717) is 23.9 Å². The Kier molecular flexibility index (Phi) is 4.22. The van der Waals surface area contributed by atoms with Crippen LogP contribution >= 0.6 is 11.6 Å². The fourth-order valence-electron chi connectivity index (χ4n) is 2.04. The highest BCUT2D eigenvalue weighted by molar-refractivity contribution is 6.33. The molecule has 2 atom stereocenters. The summed E-state index contributed by atoms with van der Waals surface area (Å²) >= 11 is 6.09. The van der Waals surface area contributed by atoms with E-state index in [1.54, 1.807) is 0 Å². The number of nitrogens with one attached hydrogen (secondary N) is 2. The van der Waals surface area contributed by atoms with Crippen molar-refractivity contribution in [3.05, 3.63) is 28.8 Å². The molecule has 1 heterocycles. The smallest absolute Gasteiger partial charge is 0.231 e. The fourth-order valence-corrected chi connectivity index (χ4v) is 2.33. The van der Waals surface area contributed by atoms with Crippen molar-refractivity contribution >= 4 is 23.2 Å². The number of hydrogen-bond donors (Lipinski definition) is 2. The molecular formula is C13H17ClN2O2. The number of hydrogen-bond acceptors (Lipinski definition) is 3. The van der Waals surface area contributed by atoms with E-state index in [1.807, 2.05) is 32.2 Å². The summed E-state index contributed by atoms with van der Waals surface area (Å²) in [7, 11) is 1.83. The number of aryl methyl sites for hydroxylation is 1. The fraction of sp³-hybridized carbons (Fsp3) is 0.462. The van der Waals surface area contributed by atoms with E-state index in [1.165, 1.54) is 0 Å². The maximum absolute atomic E-state index is 12.1. The Hall–Kier alpha value is -1.10. The zero-order valence-electron chi connectivity index (χ0n) is 10.5. The number of halogens is 1. The minimum atomic E-state index is -0.174. The van der Waals surface area contributed by atoms with Gasteiger partial charge in [-0.15, -0.1) is 0 Å². The maximum atomic E-state index is 12.1. The highest BCUT2D eigenvalue weighted by atomic mass is 35.5. The van der Waals surface area contributed by atoms with Gasteiger partial charge < -0.3 is 15.4 Å². The van der Waals surface area contributed by atoms with Crippen molar-refractivity contribution in [1.82, 2.24) is 5.32 Å². The summed E-state index contributed by atoms with van der Waals surface area (Å²) in [6.07, 6.45) is 0. The van der Waals surface area contributed by atoms with E-state index in [2.05, 4.69) is 10.6 Å². The van der Waals surface area contributed by atoms with Gasteiger partial charge in [0.25, 0.3) is 0 Å². The van der Waals surface area contributed by atoms with Crippen LogP contribution in [0.15, 0.2) is 18.2 Å². The van der Waals surface area contributed by atoms with Crippen LogP contribution in [0, 0.1) is 12.8 Å². The third-order valence-corrected chi connectivity index (χ3v) is 3.48. The zero-order valence-corrected chi connectivity index (χ0v) is 11.3. The van der Waals surface area contributed by atoms with Crippen molar-refractivity contribution in [2.45, 2.75) is 13.0 Å². The summed E-state index contributed by atoms with van der Waals surface area (Å²) in [6, 6.07) is 5.63. The first-order chi connectivity index (χ1) is 8.61. The van der Waals surface area contributed by atoms with Gasteiger partial charge in [-0.05, 0) is 31.7 Å². The molecule has 0 saturated carbocycles. The van der Waals surface area contributed by atoms with E-state index in [-0.39, 0.29) is 17.9 Å². The van der Waals surface area contributed by atoms with Gasteiger partial charge in [-0.3, -0.25) is 4.79 Å². The first-order valence-corrected chi connectivity index (χ1v) is 6.31. The number of benzene rings is 1. The van der Waals surface area contributed by atoms with Crippen LogP contribution in [0.5, 0.6) is 0 Å². The molecule has 5 heteroatoms. The van der Waals surface area contributed by atoms with Crippen LogP contribution in [0.4, 0.5) is 5.69 Å². The van der Waals surface area contributed by atoms with Crippen LogP contribution in [0.1, 0.15) is 5.56 Å². The largest absolute Gasteiger partial charge is 0.379 e. The lowest BCUT2D eigenvalue weighted by Gasteiger charge is -2.17. The number of anilines is 1. The lowest BCUT2D eigenvalue weighted by molar-refractivity contribution is -0.120. The van der Waals surface area contributed by atoms with Crippen LogP contribution in [0.2, 0.25) is 5.02 Å². The molecule has 0 spiro atoms. The molecule has 1 aliphatic rings. The number of rotatable bonds is 3. The van der Waals surface area contributed by atoms with Gasteiger partial charge in [-0.1, -0.05) is 17.7 Å². The molecule has 98 valence electrons. The molecular weight excluding hydrogens is 252 g/mol. The highest BCUT2D eigenvalue weighted by Crippen LogP contribution is 2.24. The Morgan fingerprint density at radius 2 is 2.22 bits per heavy atom. The number of amides is 1. The second-order valence-corrected chi connectivity index (χ2v) is 4.92. The van der Waals surface area contributed by atoms with Gasteiger partial charge in [0.05, 0.1) is 29.8 Å². The third-order valence-electron chi connectivity index (χ3n) is 3.17. The molecule has 18 heavy (non-hydrogen) atoms. The Bertz CT molecular complexity index is 451. The van der Waals surface area contributed by atoms with Gasteiger partial charge in [-0.25, -0.2) is 0 Å². The standard InChI is InChI=1S/C13H17ClN2O2/c1-8-3-4-11(10(14)5-8)16-13(17)9-6-18-7-12(9)15-2/h3-5,9,12,15H,6-7H2,1-2H3,(H,16,17). The molecule has 1 fully saturated rings. The van der Waals surface area contributed by atoms with Gasteiger partial charge in [0.15, 0.2) is 0 Å². The summed E-state index contributed by atoms with van der Waals surface area (Å²) in [5.74, 6) is -0.232. The van der Waals surface area contributed by atoms with Gasteiger partial charge >= 0.3 is 0 Å². The van der Waals surface area contributed by atoms with Crippen molar-refractivity contribution in [2.24, 2.45) is 5.92 Å². The summed E-state index contributed by atoms with van der Waals surface area (Å²) in [6.45, 7) is 2.97. The van der Waals surface area contributed by atoms with Crippen molar-refractivity contribution in [1.29, 1.82) is 0 Å². The molecule has 1 amide bonds. The minimum Gasteiger partial charge on any atom is -0.379 e. The lowest BCUT2D eigenvalue weighted by atomic mass is 10.0. The molecule has 1 aliphatic heterocycles. The molecule has 0 radical (unpaired) electrons. The zero-order chi connectivity index (χ0) is 13.1. The van der Waals surface area contributed by atoms with Gasteiger partial charge in [0, 0.05) is 6.04 Å². The number of carbonyl (C=O) groups is 1. The van der Waals surface area contributed by atoms with Gasteiger partial charge in [0.1, 0.15) is 0 Å². The molecule has 0 bridgehead atoms. The number of carbonyl (C=O) groups excluding carboxylic acids is 1. The minimum absolute atomic E-state index is 0.0578. The summed E-state index contributed by atoms with van der Waals surface area (Å²) in [5.41, 5.74) is 1.71. The highest BCUT2D eigenvalue weighted by Gasteiger charge is 2.33. The topological polar surface area (TPSA) is 50.4 Å². The van der Waals surface area contributed by atoms with E-state index in [4.69, 9.17) is 16.3 Å². The van der Waals surface area contributed by atoms with Crippen molar-refractivity contribution in [2.75, 3.05) is 25.6 Å². The molecule has 2 rings (SSSR count). The molecule has 0 aromatic heterocycles. The monoisotopic (exact) mass is 268 g/mol.